The molecule has 102 valence electrons. The number of anilines is 1. The molecule has 0 saturated carbocycles. The third kappa shape index (κ3) is 2.89. The highest BCUT2D eigenvalue weighted by Gasteiger charge is 2.08. The number of ether oxygens (including phenoxy) is 1. The van der Waals surface area contributed by atoms with Gasteiger partial charge in [-0.1, -0.05) is 41.7 Å². The number of benzene rings is 2. The van der Waals surface area contributed by atoms with Crippen LogP contribution in [0.25, 0.3) is 10.2 Å². The summed E-state index contributed by atoms with van der Waals surface area (Å²) in [7, 11) is 0. The highest BCUT2D eigenvalue weighted by atomic mass is 32.1. The Balaban J connectivity index is 1.60. The summed E-state index contributed by atoms with van der Waals surface area (Å²) in [4.78, 5) is 4.50. The zero-order valence-corrected chi connectivity index (χ0v) is 11.7. The smallest absolute Gasteiger partial charge is 0.200 e. The van der Waals surface area contributed by atoms with Gasteiger partial charge in [-0.25, -0.2) is 10.8 Å². The fraction of sp³-hybridized carbons (Fsp3) is 0.133. The van der Waals surface area contributed by atoms with Gasteiger partial charge in [0, 0.05) is 0 Å². The Morgan fingerprint density at radius 1 is 1.05 bits per heavy atom. The van der Waals surface area contributed by atoms with Gasteiger partial charge in [-0.05, 0) is 24.3 Å². The largest absolute Gasteiger partial charge is 0.492 e. The Morgan fingerprint density at radius 3 is 2.60 bits per heavy atom. The number of rotatable bonds is 5. The van der Waals surface area contributed by atoms with Crippen molar-refractivity contribution in [2.75, 3.05) is 18.2 Å². The molecular formula is C15H15N3OS. The molecule has 0 unspecified atom stereocenters. The minimum Gasteiger partial charge on any atom is -0.492 e. The summed E-state index contributed by atoms with van der Waals surface area (Å²) >= 11 is 1.59. The van der Waals surface area contributed by atoms with E-state index in [-0.39, 0.29) is 0 Å². The molecule has 0 bridgehead atoms. The second kappa shape index (κ2) is 5.90. The van der Waals surface area contributed by atoms with Crippen molar-refractivity contribution in [2.24, 2.45) is 5.84 Å². The number of thiazole rings is 1. The van der Waals surface area contributed by atoms with Crippen LogP contribution < -0.4 is 15.6 Å². The molecule has 0 saturated heterocycles. The van der Waals surface area contributed by atoms with Crippen molar-refractivity contribution in [1.82, 2.24) is 4.98 Å². The zero-order chi connectivity index (χ0) is 13.8. The molecule has 2 aromatic carbocycles. The molecule has 0 radical (unpaired) electrons. The number of hydrogen-bond acceptors (Lipinski definition) is 5. The molecule has 0 aliphatic carbocycles. The number of para-hydroxylation sites is 2. The van der Waals surface area contributed by atoms with Crippen LogP contribution in [0.4, 0.5) is 5.13 Å². The van der Waals surface area contributed by atoms with E-state index in [1.54, 1.807) is 16.3 Å². The maximum absolute atomic E-state index is 6.02. The van der Waals surface area contributed by atoms with E-state index in [0.29, 0.717) is 13.2 Å². The first kappa shape index (κ1) is 12.9. The van der Waals surface area contributed by atoms with Crippen molar-refractivity contribution in [3.63, 3.8) is 0 Å². The lowest BCUT2D eigenvalue weighted by molar-refractivity contribution is 0.324. The van der Waals surface area contributed by atoms with Gasteiger partial charge < -0.3 is 4.74 Å². The topological polar surface area (TPSA) is 51.4 Å². The van der Waals surface area contributed by atoms with Crippen LogP contribution in [0.3, 0.4) is 0 Å². The van der Waals surface area contributed by atoms with Crippen LogP contribution >= 0.6 is 11.3 Å². The van der Waals surface area contributed by atoms with Crippen LogP contribution in [-0.2, 0) is 0 Å². The Morgan fingerprint density at radius 2 is 1.80 bits per heavy atom. The predicted octanol–water partition coefficient (Wildman–Crippen LogP) is 3.06. The predicted molar refractivity (Wildman–Crippen MR) is 83.1 cm³/mol. The van der Waals surface area contributed by atoms with Crippen molar-refractivity contribution in [3.8, 4) is 5.75 Å². The average Bonchev–Trinajstić information content (AvgIpc) is 2.92. The normalized spacial score (nSPS) is 10.7. The fourth-order valence-corrected chi connectivity index (χ4v) is 2.77. The molecule has 0 atom stereocenters. The third-order valence-corrected chi connectivity index (χ3v) is 3.95. The van der Waals surface area contributed by atoms with E-state index >= 15 is 0 Å². The van der Waals surface area contributed by atoms with Crippen LogP contribution in [0.5, 0.6) is 5.75 Å². The molecule has 20 heavy (non-hydrogen) atoms. The summed E-state index contributed by atoms with van der Waals surface area (Å²) in [6.07, 6.45) is 0. The average molecular weight is 285 g/mol. The highest BCUT2D eigenvalue weighted by Crippen LogP contribution is 2.26. The molecule has 0 aliphatic rings. The number of hydrazine groups is 1. The third-order valence-electron chi connectivity index (χ3n) is 2.87. The molecule has 1 aromatic heterocycles. The van der Waals surface area contributed by atoms with Gasteiger partial charge in [0.25, 0.3) is 0 Å². The first-order chi connectivity index (χ1) is 9.83. The van der Waals surface area contributed by atoms with Crippen LogP contribution in [0.1, 0.15) is 0 Å². The van der Waals surface area contributed by atoms with E-state index in [1.807, 2.05) is 54.6 Å². The Bertz CT molecular complexity index is 651. The second-order valence-corrected chi connectivity index (χ2v) is 5.33. The molecule has 0 fully saturated rings. The summed E-state index contributed by atoms with van der Waals surface area (Å²) in [5.41, 5.74) is 0.979. The van der Waals surface area contributed by atoms with Crippen LogP contribution in [0, 0.1) is 0 Å². The van der Waals surface area contributed by atoms with E-state index in [2.05, 4.69) is 4.98 Å². The lowest BCUT2D eigenvalue weighted by Crippen LogP contribution is -2.34. The molecule has 5 heteroatoms. The van der Waals surface area contributed by atoms with Crippen molar-refractivity contribution in [3.05, 3.63) is 54.6 Å². The molecule has 0 aliphatic heterocycles. The molecule has 4 nitrogen and oxygen atoms in total. The van der Waals surface area contributed by atoms with E-state index < -0.39 is 0 Å². The molecule has 0 spiro atoms. The summed E-state index contributed by atoms with van der Waals surface area (Å²) in [6, 6.07) is 17.7. The van der Waals surface area contributed by atoms with Gasteiger partial charge in [0.15, 0.2) is 0 Å². The molecule has 3 rings (SSSR count). The van der Waals surface area contributed by atoms with Crippen molar-refractivity contribution >= 4 is 26.7 Å². The minimum absolute atomic E-state index is 0.524. The van der Waals surface area contributed by atoms with Gasteiger partial charge in [0.05, 0.1) is 16.8 Å². The number of aromatic nitrogens is 1. The first-order valence-corrected chi connectivity index (χ1v) is 7.20. The number of nitrogens with two attached hydrogens (primary N) is 1. The minimum atomic E-state index is 0.524. The van der Waals surface area contributed by atoms with Crippen molar-refractivity contribution in [1.29, 1.82) is 0 Å². The van der Waals surface area contributed by atoms with Crippen LogP contribution in [-0.4, -0.2) is 18.1 Å². The lowest BCUT2D eigenvalue weighted by Gasteiger charge is -2.15. The zero-order valence-electron chi connectivity index (χ0n) is 10.9. The van der Waals surface area contributed by atoms with Gasteiger partial charge in [0.1, 0.15) is 12.4 Å². The Kier molecular flexibility index (Phi) is 3.80. The summed E-state index contributed by atoms with van der Waals surface area (Å²) in [5.74, 6) is 6.88. The molecule has 0 amide bonds. The Labute approximate surface area is 121 Å². The maximum Gasteiger partial charge on any atom is 0.200 e. The molecule has 1 heterocycles. The Hall–Kier alpha value is -2.11. The van der Waals surface area contributed by atoms with E-state index in [0.717, 1.165) is 21.1 Å². The summed E-state index contributed by atoms with van der Waals surface area (Å²) in [6.45, 7) is 1.12. The maximum atomic E-state index is 6.02. The quantitative estimate of drug-likeness (QED) is 0.578. The fourth-order valence-electron chi connectivity index (χ4n) is 1.86. The SMILES string of the molecule is NN(CCOc1ccccc1)c1nc2ccccc2s1. The monoisotopic (exact) mass is 285 g/mol. The number of nitrogens with zero attached hydrogens (tertiary/aromatic N) is 2. The summed E-state index contributed by atoms with van der Waals surface area (Å²) in [5, 5.41) is 2.44. The van der Waals surface area contributed by atoms with E-state index in [9.17, 15) is 0 Å². The molecule has 2 N–H and O–H groups in total. The van der Waals surface area contributed by atoms with Gasteiger partial charge in [-0.3, -0.25) is 5.01 Å². The van der Waals surface area contributed by atoms with Crippen LogP contribution in [0.15, 0.2) is 54.6 Å². The lowest BCUT2D eigenvalue weighted by atomic mass is 10.3. The number of hydrogen-bond donors (Lipinski definition) is 1. The van der Waals surface area contributed by atoms with Crippen molar-refractivity contribution < 1.29 is 4.74 Å². The van der Waals surface area contributed by atoms with Crippen molar-refractivity contribution in [2.45, 2.75) is 0 Å². The van der Waals surface area contributed by atoms with Gasteiger partial charge >= 0.3 is 0 Å². The second-order valence-electron chi connectivity index (χ2n) is 4.32. The standard InChI is InChI=1S/C15H15N3OS/c16-18(10-11-19-12-6-2-1-3-7-12)15-17-13-8-4-5-9-14(13)20-15/h1-9H,10-11,16H2. The van der Waals surface area contributed by atoms with Crippen LogP contribution in [0.2, 0.25) is 0 Å². The molecule has 3 aromatic rings. The van der Waals surface area contributed by atoms with E-state index in [4.69, 9.17) is 10.6 Å². The van der Waals surface area contributed by atoms with Gasteiger partial charge in [-0.15, -0.1) is 0 Å². The number of fused-ring (bicyclic) bond motifs is 1. The first-order valence-electron chi connectivity index (χ1n) is 6.38. The molecular weight excluding hydrogens is 270 g/mol. The van der Waals surface area contributed by atoms with Gasteiger partial charge in [-0.2, -0.15) is 0 Å². The van der Waals surface area contributed by atoms with E-state index in [1.165, 1.54) is 0 Å². The highest BCUT2D eigenvalue weighted by molar-refractivity contribution is 7.22. The summed E-state index contributed by atoms with van der Waals surface area (Å²) < 4.78 is 6.77. The van der Waals surface area contributed by atoms with Gasteiger partial charge in [0.2, 0.25) is 5.13 Å².